The van der Waals surface area contributed by atoms with Crippen molar-refractivity contribution < 1.29 is 19.1 Å². The molecule has 0 aliphatic rings. The van der Waals surface area contributed by atoms with Crippen LogP contribution in [0.15, 0.2) is 0 Å². The first kappa shape index (κ1) is 17.9. The molecule has 0 radical (unpaired) electrons. The Kier molecular flexibility index (Phi) is 10.2. The van der Waals surface area contributed by atoms with Gasteiger partial charge in [0.2, 0.25) is 5.91 Å². The highest BCUT2D eigenvalue weighted by Gasteiger charge is 2.20. The lowest BCUT2D eigenvalue weighted by molar-refractivity contribution is -0.142. The second kappa shape index (κ2) is 10.8. The van der Waals surface area contributed by atoms with Crippen molar-refractivity contribution in [1.82, 2.24) is 4.90 Å². The molecular formula is C14H27NO4. The first-order chi connectivity index (χ1) is 9.06. The van der Waals surface area contributed by atoms with Crippen molar-refractivity contribution in [3.8, 4) is 0 Å². The number of ether oxygens (including phenoxy) is 2. The maximum atomic E-state index is 12.3. The molecule has 0 aliphatic heterocycles. The summed E-state index contributed by atoms with van der Waals surface area (Å²) in [6.07, 6.45) is 3.24. The van der Waals surface area contributed by atoms with E-state index in [1.165, 1.54) is 7.11 Å². The van der Waals surface area contributed by atoms with E-state index >= 15 is 0 Å². The first-order valence-electron chi connectivity index (χ1n) is 6.91. The van der Waals surface area contributed by atoms with Crippen molar-refractivity contribution >= 4 is 11.9 Å². The molecule has 0 bridgehead atoms. The maximum Gasteiger partial charge on any atom is 0.307 e. The highest BCUT2D eigenvalue weighted by molar-refractivity contribution is 5.79. The summed E-state index contributed by atoms with van der Waals surface area (Å²) in [7, 11) is 2.96. The molecule has 0 aromatic heterocycles. The summed E-state index contributed by atoms with van der Waals surface area (Å²) in [4.78, 5) is 25.1. The van der Waals surface area contributed by atoms with Crippen molar-refractivity contribution in [3.63, 3.8) is 0 Å². The van der Waals surface area contributed by atoms with Gasteiger partial charge >= 0.3 is 5.97 Å². The fourth-order valence-electron chi connectivity index (χ4n) is 1.81. The van der Waals surface area contributed by atoms with Crippen LogP contribution in [0.25, 0.3) is 0 Å². The standard InChI is InChI=1S/C14H27NO4/c1-5-6-7-12(2)14(17)15(10-11-18-3)9-8-13(16)19-4/h12H,5-11H2,1-4H3. The van der Waals surface area contributed by atoms with Gasteiger partial charge in [-0.25, -0.2) is 0 Å². The van der Waals surface area contributed by atoms with Crippen molar-refractivity contribution in [3.05, 3.63) is 0 Å². The number of unbranched alkanes of at least 4 members (excludes halogenated alkanes) is 1. The van der Waals surface area contributed by atoms with Crippen LogP contribution in [0.2, 0.25) is 0 Å². The Balaban J connectivity index is 4.36. The molecule has 0 spiro atoms. The number of nitrogens with zero attached hydrogens (tertiary/aromatic N) is 1. The van der Waals surface area contributed by atoms with Crippen LogP contribution in [0.3, 0.4) is 0 Å². The topological polar surface area (TPSA) is 55.8 Å². The summed E-state index contributed by atoms with van der Waals surface area (Å²) >= 11 is 0. The zero-order valence-electron chi connectivity index (χ0n) is 12.6. The molecule has 0 fully saturated rings. The predicted octanol–water partition coefficient (Wildman–Crippen LogP) is 1.85. The minimum absolute atomic E-state index is 0.00514. The smallest absolute Gasteiger partial charge is 0.307 e. The minimum Gasteiger partial charge on any atom is -0.469 e. The quantitative estimate of drug-likeness (QED) is 0.570. The van der Waals surface area contributed by atoms with Crippen LogP contribution < -0.4 is 0 Å². The molecule has 0 saturated heterocycles. The Morgan fingerprint density at radius 3 is 2.42 bits per heavy atom. The molecule has 0 saturated carbocycles. The van der Waals surface area contributed by atoms with Crippen LogP contribution in [-0.4, -0.2) is 50.7 Å². The maximum absolute atomic E-state index is 12.3. The van der Waals surface area contributed by atoms with E-state index < -0.39 is 0 Å². The monoisotopic (exact) mass is 273 g/mol. The second-order valence-corrected chi connectivity index (χ2v) is 4.69. The zero-order valence-corrected chi connectivity index (χ0v) is 12.6. The molecule has 1 unspecified atom stereocenters. The lowest BCUT2D eigenvalue weighted by atomic mass is 10.0. The van der Waals surface area contributed by atoms with Crippen molar-refractivity contribution in [1.29, 1.82) is 0 Å². The van der Waals surface area contributed by atoms with Gasteiger partial charge in [0.1, 0.15) is 0 Å². The Hall–Kier alpha value is -1.10. The van der Waals surface area contributed by atoms with E-state index in [-0.39, 0.29) is 24.2 Å². The third-order valence-corrected chi connectivity index (χ3v) is 3.10. The number of hydrogen-bond acceptors (Lipinski definition) is 4. The van der Waals surface area contributed by atoms with Crippen LogP contribution in [0.4, 0.5) is 0 Å². The van der Waals surface area contributed by atoms with Gasteiger partial charge in [-0.15, -0.1) is 0 Å². The average Bonchev–Trinajstić information content (AvgIpc) is 2.43. The third kappa shape index (κ3) is 7.82. The van der Waals surface area contributed by atoms with E-state index in [4.69, 9.17) is 4.74 Å². The first-order valence-corrected chi connectivity index (χ1v) is 6.91. The number of rotatable bonds is 10. The average molecular weight is 273 g/mol. The number of methoxy groups -OCH3 is 2. The number of esters is 1. The molecule has 0 aliphatic carbocycles. The van der Waals surface area contributed by atoms with E-state index in [0.717, 1.165) is 19.3 Å². The summed E-state index contributed by atoms with van der Waals surface area (Å²) in [6.45, 7) is 5.44. The van der Waals surface area contributed by atoms with Gasteiger partial charge in [-0.1, -0.05) is 26.7 Å². The van der Waals surface area contributed by atoms with E-state index in [1.54, 1.807) is 12.0 Å². The molecule has 1 atom stereocenters. The van der Waals surface area contributed by atoms with Gasteiger partial charge in [0.05, 0.1) is 20.1 Å². The van der Waals surface area contributed by atoms with Crippen LogP contribution in [0, 0.1) is 5.92 Å². The largest absolute Gasteiger partial charge is 0.469 e. The van der Waals surface area contributed by atoms with Crippen molar-refractivity contribution in [2.75, 3.05) is 33.9 Å². The van der Waals surface area contributed by atoms with Gasteiger partial charge < -0.3 is 14.4 Å². The molecule has 0 aromatic carbocycles. The lowest BCUT2D eigenvalue weighted by Gasteiger charge is -2.25. The van der Waals surface area contributed by atoms with E-state index in [1.807, 2.05) is 6.92 Å². The van der Waals surface area contributed by atoms with Gasteiger partial charge in [0.15, 0.2) is 0 Å². The van der Waals surface area contributed by atoms with E-state index in [0.29, 0.717) is 19.7 Å². The van der Waals surface area contributed by atoms with Crippen molar-refractivity contribution in [2.45, 2.75) is 39.5 Å². The van der Waals surface area contributed by atoms with E-state index in [9.17, 15) is 9.59 Å². The van der Waals surface area contributed by atoms with Crippen LogP contribution in [0.1, 0.15) is 39.5 Å². The Labute approximate surface area is 116 Å². The van der Waals surface area contributed by atoms with Gasteiger partial charge in [-0.2, -0.15) is 0 Å². The highest BCUT2D eigenvalue weighted by atomic mass is 16.5. The lowest BCUT2D eigenvalue weighted by Crippen LogP contribution is -2.39. The number of carbonyl (C=O) groups is 2. The molecule has 19 heavy (non-hydrogen) atoms. The zero-order chi connectivity index (χ0) is 14.7. The number of carbonyl (C=O) groups excluding carboxylic acids is 2. The van der Waals surface area contributed by atoms with Gasteiger partial charge in [0.25, 0.3) is 0 Å². The van der Waals surface area contributed by atoms with Crippen LogP contribution in [-0.2, 0) is 19.1 Å². The predicted molar refractivity (Wildman–Crippen MR) is 73.8 cm³/mol. The van der Waals surface area contributed by atoms with Crippen LogP contribution in [0.5, 0.6) is 0 Å². The summed E-state index contributed by atoms with van der Waals surface area (Å²) in [5, 5.41) is 0. The van der Waals surface area contributed by atoms with E-state index in [2.05, 4.69) is 11.7 Å². The number of amides is 1. The highest BCUT2D eigenvalue weighted by Crippen LogP contribution is 2.12. The molecule has 0 N–H and O–H groups in total. The molecule has 112 valence electrons. The molecule has 0 aromatic rings. The number of hydrogen-bond donors (Lipinski definition) is 0. The second-order valence-electron chi connectivity index (χ2n) is 4.69. The molecule has 1 amide bonds. The van der Waals surface area contributed by atoms with Gasteiger partial charge in [-0.05, 0) is 6.42 Å². The molecule has 5 nitrogen and oxygen atoms in total. The molecule has 5 heteroatoms. The normalized spacial score (nSPS) is 12.0. The van der Waals surface area contributed by atoms with Gasteiger partial charge in [-0.3, -0.25) is 9.59 Å². The molecule has 0 rings (SSSR count). The van der Waals surface area contributed by atoms with Crippen LogP contribution >= 0.6 is 0 Å². The minimum atomic E-state index is -0.295. The summed E-state index contributed by atoms with van der Waals surface area (Å²) in [6, 6.07) is 0. The van der Waals surface area contributed by atoms with Crippen molar-refractivity contribution in [2.24, 2.45) is 5.92 Å². The SMILES string of the molecule is CCCCC(C)C(=O)N(CCOC)CCC(=O)OC. The fourth-order valence-corrected chi connectivity index (χ4v) is 1.81. The molecular weight excluding hydrogens is 246 g/mol. The molecule has 0 heterocycles. The summed E-state index contributed by atoms with van der Waals surface area (Å²) in [5.74, 6) is -0.208. The summed E-state index contributed by atoms with van der Waals surface area (Å²) in [5.41, 5.74) is 0. The Morgan fingerprint density at radius 2 is 1.89 bits per heavy atom. The third-order valence-electron chi connectivity index (χ3n) is 3.10. The van der Waals surface area contributed by atoms with Gasteiger partial charge in [0, 0.05) is 26.1 Å². The summed E-state index contributed by atoms with van der Waals surface area (Å²) < 4.78 is 9.61. The Bertz CT molecular complexity index is 268. The fraction of sp³-hybridized carbons (Fsp3) is 0.857. The Morgan fingerprint density at radius 1 is 1.21 bits per heavy atom.